The summed E-state index contributed by atoms with van der Waals surface area (Å²) in [6.45, 7) is 7.79. The van der Waals surface area contributed by atoms with Crippen LogP contribution < -0.4 is 5.32 Å². The number of amides is 1. The van der Waals surface area contributed by atoms with E-state index in [0.29, 0.717) is 11.0 Å². The number of aromatic carboxylic acids is 1. The normalized spacial score (nSPS) is 17.0. The van der Waals surface area contributed by atoms with E-state index in [0.717, 1.165) is 11.6 Å². The lowest BCUT2D eigenvalue weighted by Crippen LogP contribution is -2.41. The molecule has 8 nitrogen and oxygen atoms in total. The molecule has 0 spiro atoms. The lowest BCUT2D eigenvalue weighted by molar-refractivity contribution is 0.00578. The van der Waals surface area contributed by atoms with Crippen molar-refractivity contribution in [3.8, 4) is 5.75 Å². The van der Waals surface area contributed by atoms with Crippen LogP contribution in [0.2, 0.25) is 0 Å². The van der Waals surface area contributed by atoms with E-state index in [1.54, 1.807) is 6.08 Å². The summed E-state index contributed by atoms with van der Waals surface area (Å²) in [6.07, 6.45) is 0.993. The van der Waals surface area contributed by atoms with Crippen molar-refractivity contribution in [1.29, 1.82) is 0 Å². The van der Waals surface area contributed by atoms with Gasteiger partial charge in [0.25, 0.3) is 0 Å². The first-order valence-electron chi connectivity index (χ1n) is 10.6. The highest BCUT2D eigenvalue weighted by Gasteiger charge is 2.52. The number of carboxylic acids is 1. The zero-order chi connectivity index (χ0) is 24.2. The molecular weight excluding hydrogens is 425 g/mol. The second kappa shape index (κ2) is 9.68. The molecule has 1 saturated heterocycles. The second-order valence-corrected chi connectivity index (χ2v) is 8.80. The maximum atomic E-state index is 12.3. The Morgan fingerprint density at radius 2 is 1.70 bits per heavy atom. The molecule has 0 aliphatic carbocycles. The van der Waals surface area contributed by atoms with Gasteiger partial charge in [0.2, 0.25) is 0 Å². The first-order chi connectivity index (χ1) is 15.5. The Labute approximate surface area is 193 Å². The highest BCUT2D eigenvalue weighted by Crippen LogP contribution is 2.39. The van der Waals surface area contributed by atoms with Crippen LogP contribution in [0.3, 0.4) is 0 Å². The van der Waals surface area contributed by atoms with E-state index in [1.807, 2.05) is 58.0 Å². The van der Waals surface area contributed by atoms with Crippen molar-refractivity contribution in [3.05, 3.63) is 70.7 Å². The summed E-state index contributed by atoms with van der Waals surface area (Å²) >= 11 is 0. The number of nitrogens with one attached hydrogen (secondary N) is 1. The van der Waals surface area contributed by atoms with E-state index < -0.39 is 30.4 Å². The molecule has 0 unspecified atom stereocenters. The number of aromatic hydroxyl groups is 1. The number of ether oxygens (including phenoxy) is 1. The first-order valence-corrected chi connectivity index (χ1v) is 10.6. The fourth-order valence-electron chi connectivity index (χ4n) is 3.14. The Bertz CT molecular complexity index is 1030. The van der Waals surface area contributed by atoms with Crippen LogP contribution in [0.5, 0.6) is 5.75 Å². The molecule has 1 aliphatic rings. The van der Waals surface area contributed by atoms with Crippen LogP contribution in [-0.4, -0.2) is 47.1 Å². The maximum Gasteiger partial charge on any atom is 0.492 e. The van der Waals surface area contributed by atoms with Crippen molar-refractivity contribution in [2.24, 2.45) is 0 Å². The van der Waals surface area contributed by atoms with Gasteiger partial charge in [0.15, 0.2) is 0 Å². The van der Waals surface area contributed by atoms with Gasteiger partial charge in [-0.15, -0.1) is 0 Å². The lowest BCUT2D eigenvalue weighted by atomic mass is 9.77. The van der Waals surface area contributed by atoms with Crippen LogP contribution in [0.25, 0.3) is 6.08 Å². The summed E-state index contributed by atoms with van der Waals surface area (Å²) in [5.74, 6) is -1.36. The fraction of sp³-hybridized carbons (Fsp3) is 0.333. The highest BCUT2D eigenvalue weighted by molar-refractivity contribution is 6.56. The summed E-state index contributed by atoms with van der Waals surface area (Å²) in [4.78, 5) is 23.4. The van der Waals surface area contributed by atoms with Crippen LogP contribution in [0.1, 0.15) is 49.2 Å². The smallest absolute Gasteiger partial charge is 0.492 e. The van der Waals surface area contributed by atoms with Crippen molar-refractivity contribution in [2.75, 3.05) is 6.54 Å². The van der Waals surface area contributed by atoms with Crippen LogP contribution in [0.15, 0.2) is 54.0 Å². The van der Waals surface area contributed by atoms with Crippen molar-refractivity contribution in [2.45, 2.75) is 45.5 Å². The number of benzene rings is 2. The summed E-state index contributed by atoms with van der Waals surface area (Å²) in [6, 6.07) is 13.3. The minimum Gasteiger partial charge on any atom is -0.507 e. The summed E-state index contributed by atoms with van der Waals surface area (Å²) < 4.78 is 17.5. The van der Waals surface area contributed by atoms with E-state index in [-0.39, 0.29) is 24.5 Å². The van der Waals surface area contributed by atoms with E-state index in [9.17, 15) is 14.7 Å². The monoisotopic (exact) mass is 453 g/mol. The molecule has 1 amide bonds. The average molecular weight is 453 g/mol. The van der Waals surface area contributed by atoms with Gasteiger partial charge in [-0.25, -0.2) is 9.59 Å². The molecule has 1 fully saturated rings. The van der Waals surface area contributed by atoms with Gasteiger partial charge >= 0.3 is 19.2 Å². The standard InChI is InChI=1S/C24H28BNO7/c1-23(2)24(3,4)33-25(32-23)19(12-17-10-11-18(21(28)29)13-20(17)27)14-26-22(30)31-15-16-8-6-5-7-9-16/h5-13,27H,14-15H2,1-4H3,(H,26,30)(H,28,29). The third kappa shape index (κ3) is 5.94. The van der Waals surface area contributed by atoms with E-state index in [4.69, 9.17) is 19.2 Å². The maximum absolute atomic E-state index is 12.3. The van der Waals surface area contributed by atoms with Gasteiger partial charge in [0, 0.05) is 12.1 Å². The SMILES string of the molecule is CC1(C)OB(C(=Cc2ccc(C(=O)O)cc2O)CNC(=O)OCc2ccccc2)OC1(C)C. The van der Waals surface area contributed by atoms with Crippen molar-refractivity contribution < 1.29 is 33.8 Å². The molecule has 174 valence electrons. The van der Waals surface area contributed by atoms with Gasteiger partial charge < -0.3 is 29.6 Å². The Balaban J connectivity index is 1.78. The topological polar surface area (TPSA) is 114 Å². The Morgan fingerprint density at radius 1 is 1.06 bits per heavy atom. The molecule has 2 aromatic rings. The van der Waals surface area contributed by atoms with Crippen molar-refractivity contribution >= 4 is 25.3 Å². The van der Waals surface area contributed by atoms with Gasteiger partial charge in [-0.3, -0.25) is 0 Å². The number of carboxylic acid groups (broad SMARTS) is 1. The number of rotatable bonds is 7. The zero-order valence-electron chi connectivity index (χ0n) is 19.1. The molecule has 0 radical (unpaired) electrons. The van der Waals surface area contributed by atoms with Gasteiger partial charge in [-0.05, 0) is 50.9 Å². The second-order valence-electron chi connectivity index (χ2n) is 8.80. The molecule has 33 heavy (non-hydrogen) atoms. The van der Waals surface area contributed by atoms with Crippen molar-refractivity contribution in [3.63, 3.8) is 0 Å². The van der Waals surface area contributed by atoms with Crippen LogP contribution in [0.4, 0.5) is 4.79 Å². The van der Waals surface area contributed by atoms with Crippen molar-refractivity contribution in [1.82, 2.24) is 5.32 Å². The molecule has 0 saturated carbocycles. The third-order valence-corrected chi connectivity index (χ3v) is 5.82. The molecule has 9 heteroatoms. The zero-order valence-corrected chi connectivity index (χ0v) is 19.1. The number of carbonyl (C=O) groups is 2. The quantitative estimate of drug-likeness (QED) is 0.543. The molecule has 1 aliphatic heterocycles. The number of alkyl carbamates (subject to hydrolysis) is 1. The molecule has 0 aromatic heterocycles. The van der Waals surface area contributed by atoms with E-state index >= 15 is 0 Å². The number of phenols is 1. The average Bonchev–Trinajstić information content (AvgIpc) is 2.98. The summed E-state index contributed by atoms with van der Waals surface area (Å²) in [7, 11) is -0.789. The van der Waals surface area contributed by atoms with E-state index in [1.165, 1.54) is 12.1 Å². The van der Waals surface area contributed by atoms with Gasteiger partial charge in [-0.2, -0.15) is 0 Å². The lowest BCUT2D eigenvalue weighted by Gasteiger charge is -2.32. The van der Waals surface area contributed by atoms with Crippen LogP contribution in [0, 0.1) is 0 Å². The molecule has 3 N–H and O–H groups in total. The number of hydrogen-bond donors (Lipinski definition) is 3. The highest BCUT2D eigenvalue weighted by atomic mass is 16.7. The van der Waals surface area contributed by atoms with E-state index in [2.05, 4.69) is 5.32 Å². The molecule has 3 rings (SSSR count). The molecule has 1 heterocycles. The third-order valence-electron chi connectivity index (χ3n) is 5.82. The summed E-state index contributed by atoms with van der Waals surface area (Å²) in [5.41, 5.74) is 0.495. The van der Waals surface area contributed by atoms with Gasteiger partial charge in [-0.1, -0.05) is 42.5 Å². The number of phenolic OH excluding ortho intramolecular Hbond substituents is 1. The fourth-order valence-corrected chi connectivity index (χ4v) is 3.14. The summed E-state index contributed by atoms with van der Waals surface area (Å²) in [5, 5.41) is 22.1. The van der Waals surface area contributed by atoms with Gasteiger partial charge in [0.05, 0.1) is 16.8 Å². The molecular formula is C24H28BNO7. The van der Waals surface area contributed by atoms with Crippen LogP contribution in [-0.2, 0) is 20.7 Å². The Hall–Kier alpha value is -3.30. The predicted molar refractivity (Wildman–Crippen MR) is 124 cm³/mol. The molecule has 0 bridgehead atoms. The minimum absolute atomic E-state index is 0.0323. The minimum atomic E-state index is -1.14. The number of carbonyl (C=O) groups excluding carboxylic acids is 1. The van der Waals surface area contributed by atoms with Gasteiger partial charge in [0.1, 0.15) is 12.4 Å². The Morgan fingerprint density at radius 3 is 2.27 bits per heavy atom. The molecule has 0 atom stereocenters. The largest absolute Gasteiger partial charge is 0.507 e. The first kappa shape index (κ1) is 24.3. The predicted octanol–water partition coefficient (Wildman–Crippen LogP) is 4.03. The Kier molecular flexibility index (Phi) is 7.14. The molecule has 2 aromatic carbocycles. The number of hydrogen-bond acceptors (Lipinski definition) is 6. The van der Waals surface area contributed by atoms with Crippen LogP contribution >= 0.6 is 0 Å².